The normalized spacial score (nSPS) is 12.3. The minimum Gasteiger partial charge on any atom is -0.465 e. The van der Waals surface area contributed by atoms with Crippen LogP contribution in [0.3, 0.4) is 0 Å². The number of rotatable bonds is 8. The van der Waals surface area contributed by atoms with Gasteiger partial charge in [-0.05, 0) is 39.7 Å². The van der Waals surface area contributed by atoms with Gasteiger partial charge in [-0.15, -0.1) is 0 Å². The zero-order chi connectivity index (χ0) is 14.1. The maximum Gasteiger partial charge on any atom is 0.325 e. The van der Waals surface area contributed by atoms with E-state index in [2.05, 4.69) is 0 Å². The summed E-state index contributed by atoms with van der Waals surface area (Å²) in [6.45, 7) is 8.49. The van der Waals surface area contributed by atoms with Crippen LogP contribution in [0.4, 0.5) is 0 Å². The Balaban J connectivity index is 4.32. The van der Waals surface area contributed by atoms with Crippen molar-refractivity contribution in [3.8, 4) is 0 Å². The number of carbonyl (C=O) groups is 2. The van der Waals surface area contributed by atoms with Crippen molar-refractivity contribution in [2.24, 2.45) is 11.7 Å². The third-order valence-corrected chi connectivity index (χ3v) is 2.80. The number of ether oxygens (including phenoxy) is 1. The van der Waals surface area contributed by atoms with Crippen LogP contribution >= 0.6 is 0 Å². The maximum absolute atomic E-state index is 12.0. The van der Waals surface area contributed by atoms with Gasteiger partial charge < -0.3 is 15.4 Å². The Bertz CT molecular complexity index is 267. The lowest BCUT2D eigenvalue weighted by Gasteiger charge is -2.26. The summed E-state index contributed by atoms with van der Waals surface area (Å²) >= 11 is 0. The van der Waals surface area contributed by atoms with E-state index in [-0.39, 0.29) is 24.5 Å². The Morgan fingerprint density at radius 2 is 1.89 bits per heavy atom. The summed E-state index contributed by atoms with van der Waals surface area (Å²) in [6, 6.07) is -0.00455. The van der Waals surface area contributed by atoms with Crippen LogP contribution in [0.25, 0.3) is 0 Å². The molecule has 0 aliphatic carbocycles. The van der Waals surface area contributed by atoms with Gasteiger partial charge in [0.2, 0.25) is 5.91 Å². The smallest absolute Gasteiger partial charge is 0.325 e. The van der Waals surface area contributed by atoms with Gasteiger partial charge in [-0.3, -0.25) is 9.59 Å². The predicted molar refractivity (Wildman–Crippen MR) is 70.9 cm³/mol. The molecule has 0 rings (SSSR count). The van der Waals surface area contributed by atoms with Gasteiger partial charge in [0, 0.05) is 12.5 Å². The van der Waals surface area contributed by atoms with Crippen molar-refractivity contribution in [1.82, 2.24) is 4.90 Å². The second-order valence-corrected chi connectivity index (χ2v) is 4.80. The molecule has 106 valence electrons. The molecule has 0 aromatic carbocycles. The fourth-order valence-electron chi connectivity index (χ4n) is 1.54. The molecule has 0 heterocycles. The highest BCUT2D eigenvalue weighted by Crippen LogP contribution is 2.09. The van der Waals surface area contributed by atoms with Gasteiger partial charge in [-0.25, -0.2) is 0 Å². The maximum atomic E-state index is 12.0. The average Bonchev–Trinajstić information content (AvgIpc) is 2.32. The molecule has 2 N–H and O–H groups in total. The van der Waals surface area contributed by atoms with Crippen LogP contribution in [-0.4, -0.2) is 42.5 Å². The fraction of sp³-hybridized carbons (Fsp3) is 0.846. The Morgan fingerprint density at radius 3 is 2.33 bits per heavy atom. The summed E-state index contributed by atoms with van der Waals surface area (Å²) in [6.07, 6.45) is 1.18. The number of esters is 1. The van der Waals surface area contributed by atoms with Gasteiger partial charge in [-0.2, -0.15) is 0 Å². The molecule has 0 radical (unpaired) electrons. The number of hydrogen-bond acceptors (Lipinski definition) is 4. The summed E-state index contributed by atoms with van der Waals surface area (Å²) in [7, 11) is 0. The van der Waals surface area contributed by atoms with Gasteiger partial charge in [0.1, 0.15) is 6.54 Å². The molecule has 18 heavy (non-hydrogen) atoms. The van der Waals surface area contributed by atoms with E-state index in [0.29, 0.717) is 25.5 Å². The van der Waals surface area contributed by atoms with Crippen molar-refractivity contribution in [2.75, 3.05) is 19.7 Å². The van der Waals surface area contributed by atoms with Crippen molar-refractivity contribution in [3.63, 3.8) is 0 Å². The molecule has 1 atom stereocenters. The predicted octanol–water partition coefficient (Wildman–Crippen LogP) is 1.16. The Kier molecular flexibility index (Phi) is 8.37. The van der Waals surface area contributed by atoms with Gasteiger partial charge in [0.25, 0.3) is 0 Å². The number of amides is 1. The molecule has 0 aromatic heterocycles. The van der Waals surface area contributed by atoms with E-state index in [9.17, 15) is 9.59 Å². The third-order valence-electron chi connectivity index (χ3n) is 2.80. The van der Waals surface area contributed by atoms with Gasteiger partial charge in [-0.1, -0.05) is 6.92 Å². The lowest BCUT2D eigenvalue weighted by molar-refractivity contribution is -0.150. The summed E-state index contributed by atoms with van der Waals surface area (Å²) in [4.78, 5) is 25.0. The first-order valence-electron chi connectivity index (χ1n) is 6.57. The van der Waals surface area contributed by atoms with E-state index in [4.69, 9.17) is 10.5 Å². The monoisotopic (exact) mass is 258 g/mol. The summed E-state index contributed by atoms with van der Waals surface area (Å²) in [5, 5.41) is 0. The van der Waals surface area contributed by atoms with Gasteiger partial charge in [0.15, 0.2) is 0 Å². The molecule has 1 unspecified atom stereocenters. The topological polar surface area (TPSA) is 72.6 Å². The average molecular weight is 258 g/mol. The Hall–Kier alpha value is -1.10. The molecule has 0 saturated carbocycles. The van der Waals surface area contributed by atoms with Crippen molar-refractivity contribution < 1.29 is 14.3 Å². The standard InChI is InChI=1S/C13H26N2O3/c1-5-18-13(17)9-15(10(2)3)12(16)7-6-11(4)8-14/h10-11H,5-9,14H2,1-4H3. The quantitative estimate of drug-likeness (QED) is 0.663. The molecule has 0 spiro atoms. The first-order chi connectivity index (χ1) is 8.42. The fourth-order valence-corrected chi connectivity index (χ4v) is 1.54. The van der Waals surface area contributed by atoms with E-state index in [0.717, 1.165) is 6.42 Å². The number of hydrogen-bond donors (Lipinski definition) is 1. The molecule has 0 aromatic rings. The summed E-state index contributed by atoms with van der Waals surface area (Å²) in [5.41, 5.74) is 5.52. The van der Waals surface area contributed by atoms with Crippen molar-refractivity contribution in [2.45, 2.75) is 46.6 Å². The van der Waals surface area contributed by atoms with Crippen LogP contribution < -0.4 is 5.73 Å². The van der Waals surface area contributed by atoms with Gasteiger partial charge >= 0.3 is 5.97 Å². The lowest BCUT2D eigenvalue weighted by atomic mass is 10.1. The highest BCUT2D eigenvalue weighted by atomic mass is 16.5. The van der Waals surface area contributed by atoms with E-state index < -0.39 is 0 Å². The molecule has 0 aliphatic rings. The molecule has 0 bridgehead atoms. The Morgan fingerprint density at radius 1 is 1.28 bits per heavy atom. The van der Waals surface area contributed by atoms with Crippen molar-refractivity contribution in [1.29, 1.82) is 0 Å². The van der Waals surface area contributed by atoms with E-state index in [1.807, 2.05) is 20.8 Å². The minimum absolute atomic E-state index is 0.00455. The number of carbonyl (C=O) groups excluding carboxylic acids is 2. The SMILES string of the molecule is CCOC(=O)CN(C(=O)CCC(C)CN)C(C)C. The van der Waals surface area contributed by atoms with Crippen LogP contribution in [0.15, 0.2) is 0 Å². The van der Waals surface area contributed by atoms with E-state index >= 15 is 0 Å². The summed E-state index contributed by atoms with van der Waals surface area (Å²) in [5.74, 6) is -0.0460. The minimum atomic E-state index is -0.355. The highest BCUT2D eigenvalue weighted by Gasteiger charge is 2.20. The van der Waals surface area contributed by atoms with Crippen LogP contribution in [-0.2, 0) is 14.3 Å². The molecule has 1 amide bonds. The molecule has 0 fully saturated rings. The lowest BCUT2D eigenvalue weighted by Crippen LogP contribution is -2.41. The third kappa shape index (κ3) is 6.59. The zero-order valence-electron chi connectivity index (χ0n) is 11.9. The van der Waals surface area contributed by atoms with Crippen LogP contribution in [0.5, 0.6) is 0 Å². The summed E-state index contributed by atoms with van der Waals surface area (Å²) < 4.78 is 4.87. The highest BCUT2D eigenvalue weighted by molar-refractivity contribution is 5.82. The zero-order valence-corrected chi connectivity index (χ0v) is 11.9. The van der Waals surface area contributed by atoms with Crippen LogP contribution in [0.1, 0.15) is 40.5 Å². The molecule has 0 saturated heterocycles. The first-order valence-corrected chi connectivity index (χ1v) is 6.57. The van der Waals surface area contributed by atoms with E-state index in [1.54, 1.807) is 11.8 Å². The van der Waals surface area contributed by atoms with Crippen LogP contribution in [0.2, 0.25) is 0 Å². The number of nitrogens with zero attached hydrogens (tertiary/aromatic N) is 1. The second-order valence-electron chi connectivity index (χ2n) is 4.80. The molecular weight excluding hydrogens is 232 g/mol. The van der Waals surface area contributed by atoms with Gasteiger partial charge in [0.05, 0.1) is 6.61 Å². The molecule has 5 heteroatoms. The first kappa shape index (κ1) is 16.9. The van der Waals surface area contributed by atoms with Crippen molar-refractivity contribution >= 4 is 11.9 Å². The number of nitrogens with two attached hydrogens (primary N) is 1. The van der Waals surface area contributed by atoms with Crippen molar-refractivity contribution in [3.05, 3.63) is 0 Å². The second kappa shape index (κ2) is 8.91. The van der Waals surface area contributed by atoms with E-state index in [1.165, 1.54) is 0 Å². The largest absolute Gasteiger partial charge is 0.465 e. The Labute approximate surface area is 110 Å². The van der Waals surface area contributed by atoms with Crippen LogP contribution in [0, 0.1) is 5.92 Å². The molecular formula is C13H26N2O3. The molecule has 5 nitrogen and oxygen atoms in total. The molecule has 0 aliphatic heterocycles.